The molecule has 0 heterocycles. The molecule has 0 bridgehead atoms. The predicted octanol–water partition coefficient (Wildman–Crippen LogP) is 3.33. The lowest BCUT2D eigenvalue weighted by molar-refractivity contribution is -0.137. The van der Waals surface area contributed by atoms with E-state index in [4.69, 9.17) is 5.11 Å². The molecule has 5 heteroatoms. The van der Waals surface area contributed by atoms with Gasteiger partial charge in [0, 0.05) is 23.1 Å². The first-order chi connectivity index (χ1) is 9.31. The van der Waals surface area contributed by atoms with Gasteiger partial charge in [-0.1, -0.05) is 29.8 Å². The van der Waals surface area contributed by atoms with Crippen LogP contribution < -0.4 is 0 Å². The number of hydrogen-bond acceptors (Lipinski definition) is 2. The van der Waals surface area contributed by atoms with Crippen molar-refractivity contribution in [2.24, 2.45) is 5.92 Å². The van der Waals surface area contributed by atoms with Gasteiger partial charge in [0.2, 0.25) is 0 Å². The molecule has 0 aliphatic heterocycles. The zero-order chi connectivity index (χ0) is 15.3. The Labute approximate surface area is 127 Å². The standard InChI is InChI=1S/C15H20BrNO3/c1-10(2)9-17(7-6-14(18)19)15(20)13-5-4-12(16)8-11(13)3/h4-5,8,10H,6-7,9H2,1-3H3,(H,18,19). The first kappa shape index (κ1) is 16.7. The number of benzene rings is 1. The van der Waals surface area contributed by atoms with E-state index < -0.39 is 5.97 Å². The number of carbonyl (C=O) groups is 2. The molecule has 20 heavy (non-hydrogen) atoms. The Kier molecular flexibility index (Phi) is 6.20. The highest BCUT2D eigenvalue weighted by molar-refractivity contribution is 9.10. The van der Waals surface area contributed by atoms with Crippen LogP contribution in [-0.2, 0) is 4.79 Å². The molecule has 0 saturated heterocycles. The average Bonchev–Trinajstić information content (AvgIpc) is 2.33. The molecule has 0 spiro atoms. The first-order valence-corrected chi connectivity index (χ1v) is 7.37. The molecule has 0 aliphatic carbocycles. The largest absolute Gasteiger partial charge is 0.481 e. The summed E-state index contributed by atoms with van der Waals surface area (Å²) in [5.74, 6) is -0.701. The van der Waals surface area contributed by atoms with Gasteiger partial charge in [0.05, 0.1) is 6.42 Å². The van der Waals surface area contributed by atoms with E-state index in [9.17, 15) is 9.59 Å². The fourth-order valence-corrected chi connectivity index (χ4v) is 2.46. The van der Waals surface area contributed by atoms with Crippen molar-refractivity contribution in [3.63, 3.8) is 0 Å². The highest BCUT2D eigenvalue weighted by Gasteiger charge is 2.19. The van der Waals surface area contributed by atoms with Crippen LogP contribution in [-0.4, -0.2) is 35.0 Å². The second-order valence-electron chi connectivity index (χ2n) is 5.25. The van der Waals surface area contributed by atoms with E-state index in [2.05, 4.69) is 15.9 Å². The highest BCUT2D eigenvalue weighted by Crippen LogP contribution is 2.18. The lowest BCUT2D eigenvalue weighted by Gasteiger charge is -2.24. The van der Waals surface area contributed by atoms with Crippen LogP contribution in [0.2, 0.25) is 0 Å². The predicted molar refractivity (Wildman–Crippen MR) is 81.9 cm³/mol. The van der Waals surface area contributed by atoms with Crippen molar-refractivity contribution in [3.8, 4) is 0 Å². The monoisotopic (exact) mass is 341 g/mol. The second kappa shape index (κ2) is 7.43. The minimum absolute atomic E-state index is 0.0337. The molecule has 0 aromatic heterocycles. The first-order valence-electron chi connectivity index (χ1n) is 6.58. The Balaban J connectivity index is 2.93. The van der Waals surface area contributed by atoms with Crippen molar-refractivity contribution >= 4 is 27.8 Å². The summed E-state index contributed by atoms with van der Waals surface area (Å²) in [6.45, 7) is 6.69. The third-order valence-corrected chi connectivity index (χ3v) is 3.38. The molecule has 0 saturated carbocycles. The van der Waals surface area contributed by atoms with Gasteiger partial charge in [0.25, 0.3) is 5.91 Å². The summed E-state index contributed by atoms with van der Waals surface area (Å²) in [4.78, 5) is 24.9. The number of halogens is 1. The van der Waals surface area contributed by atoms with E-state index in [1.165, 1.54) is 0 Å². The van der Waals surface area contributed by atoms with E-state index in [-0.39, 0.29) is 18.9 Å². The van der Waals surface area contributed by atoms with Gasteiger partial charge in [-0.3, -0.25) is 9.59 Å². The van der Waals surface area contributed by atoms with Crippen LogP contribution >= 0.6 is 15.9 Å². The minimum Gasteiger partial charge on any atom is -0.481 e. The Morgan fingerprint density at radius 3 is 2.50 bits per heavy atom. The van der Waals surface area contributed by atoms with Gasteiger partial charge in [-0.15, -0.1) is 0 Å². The maximum Gasteiger partial charge on any atom is 0.305 e. The van der Waals surface area contributed by atoms with Crippen LogP contribution in [0.15, 0.2) is 22.7 Å². The van der Waals surface area contributed by atoms with Crippen LogP contribution in [0.3, 0.4) is 0 Å². The molecule has 1 N–H and O–H groups in total. The van der Waals surface area contributed by atoms with E-state index in [0.717, 1.165) is 10.0 Å². The van der Waals surface area contributed by atoms with Crippen molar-refractivity contribution in [3.05, 3.63) is 33.8 Å². The minimum atomic E-state index is -0.890. The number of carbonyl (C=O) groups excluding carboxylic acids is 1. The fourth-order valence-electron chi connectivity index (χ4n) is 1.98. The third-order valence-electron chi connectivity index (χ3n) is 2.89. The number of amides is 1. The van der Waals surface area contributed by atoms with E-state index >= 15 is 0 Å². The van der Waals surface area contributed by atoms with Gasteiger partial charge in [0.1, 0.15) is 0 Å². The zero-order valence-corrected chi connectivity index (χ0v) is 13.6. The molecule has 0 radical (unpaired) electrons. The fraction of sp³-hybridized carbons (Fsp3) is 0.467. The van der Waals surface area contributed by atoms with Crippen molar-refractivity contribution < 1.29 is 14.7 Å². The van der Waals surface area contributed by atoms with Crippen LogP contribution in [0.1, 0.15) is 36.2 Å². The summed E-state index contributed by atoms with van der Waals surface area (Å²) < 4.78 is 0.924. The van der Waals surface area contributed by atoms with Crippen LogP contribution in [0.4, 0.5) is 0 Å². The van der Waals surface area contributed by atoms with Gasteiger partial charge < -0.3 is 10.0 Å². The number of rotatable bonds is 6. The Hall–Kier alpha value is -1.36. The van der Waals surface area contributed by atoms with Crippen molar-refractivity contribution in [1.82, 2.24) is 4.90 Å². The molecule has 1 aromatic rings. The number of aliphatic carboxylic acids is 1. The number of carboxylic acids is 1. The number of aryl methyl sites for hydroxylation is 1. The molecular formula is C15H20BrNO3. The summed E-state index contributed by atoms with van der Waals surface area (Å²) in [6, 6.07) is 5.48. The van der Waals surface area contributed by atoms with E-state index in [0.29, 0.717) is 18.0 Å². The van der Waals surface area contributed by atoms with Crippen molar-refractivity contribution in [1.29, 1.82) is 0 Å². The molecule has 1 rings (SSSR count). The van der Waals surface area contributed by atoms with E-state index in [1.54, 1.807) is 11.0 Å². The van der Waals surface area contributed by atoms with Gasteiger partial charge >= 0.3 is 5.97 Å². The molecule has 0 fully saturated rings. The topological polar surface area (TPSA) is 57.6 Å². The highest BCUT2D eigenvalue weighted by atomic mass is 79.9. The summed E-state index contributed by atoms with van der Waals surface area (Å²) in [5.41, 5.74) is 1.51. The normalized spacial score (nSPS) is 10.7. The lowest BCUT2D eigenvalue weighted by atomic mass is 10.1. The molecule has 0 aliphatic rings. The van der Waals surface area contributed by atoms with Gasteiger partial charge in [-0.05, 0) is 36.6 Å². The number of nitrogens with zero attached hydrogens (tertiary/aromatic N) is 1. The Morgan fingerprint density at radius 1 is 1.35 bits per heavy atom. The van der Waals surface area contributed by atoms with Crippen LogP contribution in [0.5, 0.6) is 0 Å². The molecule has 0 atom stereocenters. The third kappa shape index (κ3) is 4.96. The Bertz CT molecular complexity index is 500. The maximum absolute atomic E-state index is 12.5. The number of carboxylic acid groups (broad SMARTS) is 1. The number of hydrogen-bond donors (Lipinski definition) is 1. The molecule has 1 aromatic carbocycles. The maximum atomic E-state index is 12.5. The van der Waals surface area contributed by atoms with E-state index in [1.807, 2.05) is 32.9 Å². The SMILES string of the molecule is Cc1cc(Br)ccc1C(=O)N(CCC(=O)O)CC(C)C. The zero-order valence-electron chi connectivity index (χ0n) is 12.0. The van der Waals surface area contributed by atoms with Gasteiger partial charge in [-0.2, -0.15) is 0 Å². The molecule has 0 unspecified atom stereocenters. The van der Waals surface area contributed by atoms with Crippen molar-refractivity contribution in [2.75, 3.05) is 13.1 Å². The Morgan fingerprint density at radius 2 is 2.00 bits per heavy atom. The van der Waals surface area contributed by atoms with Gasteiger partial charge in [0.15, 0.2) is 0 Å². The second-order valence-corrected chi connectivity index (χ2v) is 6.16. The molecule has 4 nitrogen and oxygen atoms in total. The summed E-state index contributed by atoms with van der Waals surface area (Å²) in [6.07, 6.45) is -0.0337. The van der Waals surface area contributed by atoms with Gasteiger partial charge in [-0.25, -0.2) is 0 Å². The summed E-state index contributed by atoms with van der Waals surface area (Å²) >= 11 is 3.37. The molecule has 110 valence electrons. The quantitative estimate of drug-likeness (QED) is 0.863. The average molecular weight is 342 g/mol. The van der Waals surface area contributed by atoms with Crippen LogP contribution in [0.25, 0.3) is 0 Å². The molecular weight excluding hydrogens is 322 g/mol. The van der Waals surface area contributed by atoms with Crippen LogP contribution in [0, 0.1) is 12.8 Å². The lowest BCUT2D eigenvalue weighted by Crippen LogP contribution is -2.36. The van der Waals surface area contributed by atoms with Crippen molar-refractivity contribution in [2.45, 2.75) is 27.2 Å². The summed E-state index contributed by atoms with van der Waals surface area (Å²) in [5, 5.41) is 8.80. The smallest absolute Gasteiger partial charge is 0.305 e. The summed E-state index contributed by atoms with van der Waals surface area (Å²) in [7, 11) is 0. The molecule has 1 amide bonds.